The first-order valence-corrected chi connectivity index (χ1v) is 7.91. The Hall–Kier alpha value is -3.27. The van der Waals surface area contributed by atoms with Gasteiger partial charge >= 0.3 is 0 Å². The summed E-state index contributed by atoms with van der Waals surface area (Å²) in [6.07, 6.45) is 0. The van der Waals surface area contributed by atoms with Gasteiger partial charge in [-0.25, -0.2) is 0 Å². The highest BCUT2D eigenvalue weighted by Gasteiger charge is 2.22. The highest BCUT2D eigenvalue weighted by Crippen LogP contribution is 2.35. The summed E-state index contributed by atoms with van der Waals surface area (Å²) >= 11 is 0. The van der Waals surface area contributed by atoms with Crippen LogP contribution in [-0.2, 0) is 0 Å². The van der Waals surface area contributed by atoms with Crippen LogP contribution >= 0.6 is 0 Å². The Balaban J connectivity index is 2.12. The molecule has 1 amide bonds. The van der Waals surface area contributed by atoms with Crippen LogP contribution in [0.2, 0.25) is 0 Å². The molecule has 0 aliphatic carbocycles. The topological polar surface area (TPSA) is 38.8 Å². The van der Waals surface area contributed by atoms with E-state index in [1.807, 2.05) is 66.7 Å². The lowest BCUT2D eigenvalue weighted by Gasteiger charge is -2.25. The van der Waals surface area contributed by atoms with E-state index in [9.17, 15) is 4.79 Å². The number of anilines is 2. The molecule has 3 rings (SSSR count). The fraction of sp³-hybridized carbons (Fsp3) is 0.0952. The van der Waals surface area contributed by atoms with Crippen molar-refractivity contribution in [1.29, 1.82) is 0 Å². The van der Waals surface area contributed by atoms with Gasteiger partial charge in [0.15, 0.2) is 0 Å². The Bertz CT molecular complexity index is 845. The van der Waals surface area contributed by atoms with Crippen molar-refractivity contribution < 1.29 is 14.3 Å². The molecule has 0 spiro atoms. The van der Waals surface area contributed by atoms with Crippen LogP contribution in [0, 0.1) is 0 Å². The molecule has 3 aromatic carbocycles. The molecule has 0 fully saturated rings. The molecule has 0 radical (unpaired) electrons. The van der Waals surface area contributed by atoms with E-state index >= 15 is 0 Å². The number of carbonyl (C=O) groups excluding carboxylic acids is 1. The SMILES string of the molecule is COc1ccc(N(C(=O)c2ccccc2)c2ccccc2OC)cc1. The summed E-state index contributed by atoms with van der Waals surface area (Å²) in [6.45, 7) is 0. The standard InChI is InChI=1S/C21H19NO3/c1-24-18-14-12-17(13-15-18)22(19-10-6-7-11-20(19)25-2)21(23)16-8-4-3-5-9-16/h3-15H,1-2H3. The largest absolute Gasteiger partial charge is 0.497 e. The molecule has 4 nitrogen and oxygen atoms in total. The number of hydrogen-bond acceptors (Lipinski definition) is 3. The van der Waals surface area contributed by atoms with E-state index in [0.29, 0.717) is 17.0 Å². The number of amides is 1. The molecule has 25 heavy (non-hydrogen) atoms. The van der Waals surface area contributed by atoms with Gasteiger partial charge in [-0.2, -0.15) is 0 Å². The molecule has 0 saturated heterocycles. The van der Waals surface area contributed by atoms with Gasteiger partial charge in [0.1, 0.15) is 11.5 Å². The van der Waals surface area contributed by atoms with Crippen LogP contribution in [0.5, 0.6) is 11.5 Å². The minimum absolute atomic E-state index is 0.129. The average molecular weight is 333 g/mol. The number of benzene rings is 3. The van der Waals surface area contributed by atoms with Crippen molar-refractivity contribution >= 4 is 17.3 Å². The zero-order chi connectivity index (χ0) is 17.6. The second-order valence-electron chi connectivity index (χ2n) is 5.38. The van der Waals surface area contributed by atoms with Gasteiger partial charge in [0.05, 0.1) is 19.9 Å². The Morgan fingerprint density at radius 2 is 1.40 bits per heavy atom. The Labute approximate surface area is 147 Å². The number of nitrogens with zero attached hydrogens (tertiary/aromatic N) is 1. The lowest BCUT2D eigenvalue weighted by atomic mass is 10.1. The van der Waals surface area contributed by atoms with Gasteiger partial charge in [-0.3, -0.25) is 9.69 Å². The molecule has 126 valence electrons. The molecule has 0 unspecified atom stereocenters. The fourth-order valence-corrected chi connectivity index (χ4v) is 2.62. The van der Waals surface area contributed by atoms with Gasteiger partial charge < -0.3 is 9.47 Å². The van der Waals surface area contributed by atoms with E-state index in [1.165, 1.54) is 0 Å². The first-order valence-electron chi connectivity index (χ1n) is 7.91. The predicted octanol–water partition coefficient (Wildman–Crippen LogP) is 4.68. The zero-order valence-corrected chi connectivity index (χ0v) is 14.2. The second-order valence-corrected chi connectivity index (χ2v) is 5.38. The highest BCUT2D eigenvalue weighted by atomic mass is 16.5. The van der Waals surface area contributed by atoms with Crippen LogP contribution in [0.4, 0.5) is 11.4 Å². The van der Waals surface area contributed by atoms with Crippen LogP contribution in [0.15, 0.2) is 78.9 Å². The lowest BCUT2D eigenvalue weighted by Crippen LogP contribution is -2.26. The highest BCUT2D eigenvalue weighted by molar-refractivity contribution is 6.11. The van der Waals surface area contributed by atoms with Crippen molar-refractivity contribution in [3.05, 3.63) is 84.4 Å². The maximum absolute atomic E-state index is 13.2. The van der Waals surface area contributed by atoms with E-state index in [1.54, 1.807) is 31.3 Å². The van der Waals surface area contributed by atoms with Crippen LogP contribution in [0.3, 0.4) is 0 Å². The summed E-state index contributed by atoms with van der Waals surface area (Å²) in [4.78, 5) is 14.9. The van der Waals surface area contributed by atoms with Crippen molar-refractivity contribution in [1.82, 2.24) is 0 Å². The molecule has 0 N–H and O–H groups in total. The van der Waals surface area contributed by atoms with Crippen LogP contribution in [-0.4, -0.2) is 20.1 Å². The number of methoxy groups -OCH3 is 2. The fourth-order valence-electron chi connectivity index (χ4n) is 2.62. The molecule has 0 aliphatic rings. The molecule has 0 aliphatic heterocycles. The van der Waals surface area contributed by atoms with Crippen molar-refractivity contribution in [2.24, 2.45) is 0 Å². The third-order valence-corrected chi connectivity index (χ3v) is 3.88. The van der Waals surface area contributed by atoms with Crippen LogP contribution in [0.25, 0.3) is 0 Å². The van der Waals surface area contributed by atoms with E-state index in [-0.39, 0.29) is 5.91 Å². The molecule has 0 heterocycles. The summed E-state index contributed by atoms with van der Waals surface area (Å²) in [7, 11) is 3.21. The Kier molecular flexibility index (Phi) is 5.00. The number of ether oxygens (including phenoxy) is 2. The number of hydrogen-bond donors (Lipinski definition) is 0. The molecule has 3 aromatic rings. The smallest absolute Gasteiger partial charge is 0.262 e. The summed E-state index contributed by atoms with van der Waals surface area (Å²) < 4.78 is 10.7. The maximum Gasteiger partial charge on any atom is 0.262 e. The maximum atomic E-state index is 13.2. The van der Waals surface area contributed by atoms with Gasteiger partial charge in [0, 0.05) is 11.3 Å². The van der Waals surface area contributed by atoms with Gasteiger partial charge in [0.2, 0.25) is 0 Å². The van der Waals surface area contributed by atoms with Gasteiger partial charge in [-0.05, 0) is 48.5 Å². The molecule has 0 bridgehead atoms. The summed E-state index contributed by atoms with van der Waals surface area (Å²) in [5.74, 6) is 1.23. The normalized spacial score (nSPS) is 10.2. The molecule has 0 aromatic heterocycles. The second kappa shape index (κ2) is 7.53. The third-order valence-electron chi connectivity index (χ3n) is 3.88. The van der Waals surface area contributed by atoms with E-state index < -0.39 is 0 Å². The van der Waals surface area contributed by atoms with Crippen molar-refractivity contribution in [2.75, 3.05) is 19.1 Å². The first kappa shape index (κ1) is 16.6. The predicted molar refractivity (Wildman–Crippen MR) is 98.9 cm³/mol. The average Bonchev–Trinajstić information content (AvgIpc) is 2.69. The summed E-state index contributed by atoms with van der Waals surface area (Å²) in [5, 5.41) is 0. The van der Waals surface area contributed by atoms with Gasteiger partial charge in [-0.1, -0.05) is 30.3 Å². The molecule has 0 atom stereocenters. The van der Waals surface area contributed by atoms with Gasteiger partial charge in [-0.15, -0.1) is 0 Å². The molecule has 0 saturated carbocycles. The minimum Gasteiger partial charge on any atom is -0.497 e. The lowest BCUT2D eigenvalue weighted by molar-refractivity contribution is 0.0998. The van der Waals surface area contributed by atoms with Crippen LogP contribution < -0.4 is 14.4 Å². The molecular formula is C21H19NO3. The minimum atomic E-state index is -0.129. The van der Waals surface area contributed by atoms with Crippen molar-refractivity contribution in [3.63, 3.8) is 0 Å². The van der Waals surface area contributed by atoms with E-state index in [0.717, 1.165) is 11.4 Å². The number of rotatable bonds is 5. The third kappa shape index (κ3) is 3.48. The Morgan fingerprint density at radius 3 is 2.04 bits per heavy atom. The summed E-state index contributed by atoms with van der Waals surface area (Å²) in [5.41, 5.74) is 2.02. The van der Waals surface area contributed by atoms with Crippen molar-refractivity contribution in [3.8, 4) is 11.5 Å². The molecule has 4 heteroatoms. The van der Waals surface area contributed by atoms with Crippen LogP contribution in [0.1, 0.15) is 10.4 Å². The molecular weight excluding hydrogens is 314 g/mol. The quantitative estimate of drug-likeness (QED) is 0.680. The van der Waals surface area contributed by atoms with Gasteiger partial charge in [0.25, 0.3) is 5.91 Å². The number of carbonyl (C=O) groups is 1. The zero-order valence-electron chi connectivity index (χ0n) is 14.2. The monoisotopic (exact) mass is 333 g/mol. The number of para-hydroxylation sites is 2. The Morgan fingerprint density at radius 1 is 0.760 bits per heavy atom. The first-order chi connectivity index (χ1) is 12.2. The van der Waals surface area contributed by atoms with Crippen molar-refractivity contribution in [2.45, 2.75) is 0 Å². The van der Waals surface area contributed by atoms with E-state index in [4.69, 9.17) is 9.47 Å². The summed E-state index contributed by atoms with van der Waals surface area (Å²) in [6, 6.07) is 24.0. The van der Waals surface area contributed by atoms with E-state index in [2.05, 4.69) is 0 Å².